The smallest absolute Gasteiger partial charge is 0.277 e. The van der Waals surface area contributed by atoms with E-state index in [0.717, 1.165) is 11.0 Å². The van der Waals surface area contributed by atoms with Gasteiger partial charge in [-0.05, 0) is 48.5 Å². The van der Waals surface area contributed by atoms with Crippen molar-refractivity contribution < 1.29 is 9.59 Å². The van der Waals surface area contributed by atoms with Gasteiger partial charge in [0.25, 0.3) is 11.8 Å². The second kappa shape index (κ2) is 4.81. The quantitative estimate of drug-likeness (QED) is 0.680. The highest BCUT2D eigenvalue weighted by atomic mass is 35.5. The van der Waals surface area contributed by atoms with Crippen LogP contribution in [0.5, 0.6) is 0 Å². The van der Waals surface area contributed by atoms with Crippen molar-refractivity contribution in [3.8, 4) is 0 Å². The highest BCUT2D eigenvalue weighted by molar-refractivity contribution is 6.43. The maximum Gasteiger partial charge on any atom is 0.283 e. The second-order valence-corrected chi connectivity index (χ2v) is 5.12. The summed E-state index contributed by atoms with van der Waals surface area (Å²) in [5.74, 6) is -0.682. The molecule has 2 bridgehead atoms. The normalized spacial score (nSPS) is 10.9. The fourth-order valence-electron chi connectivity index (χ4n) is 2.12. The van der Waals surface area contributed by atoms with Gasteiger partial charge in [-0.25, -0.2) is 0 Å². The number of aromatic nitrogens is 1. The number of carbonyl (C=O) groups is 2. The first-order valence-corrected chi connectivity index (χ1v) is 6.46. The van der Waals surface area contributed by atoms with E-state index in [-0.39, 0.29) is 5.91 Å². The summed E-state index contributed by atoms with van der Waals surface area (Å²) in [4.78, 5) is 23.9. The lowest BCUT2D eigenvalue weighted by atomic mass is 10.1. The number of carbonyl (C=O) groups excluding carboxylic acids is 2. The minimum absolute atomic E-state index is 0.141. The lowest BCUT2D eigenvalue weighted by molar-refractivity contribution is 0.0921. The zero-order valence-corrected chi connectivity index (χ0v) is 11.6. The number of rotatable bonds is 2. The van der Waals surface area contributed by atoms with Gasteiger partial charge < -0.3 is 0 Å². The Morgan fingerprint density at radius 2 is 1.25 bits per heavy atom. The van der Waals surface area contributed by atoms with Crippen molar-refractivity contribution in [1.29, 1.82) is 0 Å². The van der Waals surface area contributed by atoms with Crippen molar-refractivity contribution in [3.05, 3.63) is 59.7 Å². The molecular formula is C14H8Cl2N2O2. The Labute approximate surface area is 124 Å². The van der Waals surface area contributed by atoms with Crippen LogP contribution in [0.3, 0.4) is 0 Å². The summed E-state index contributed by atoms with van der Waals surface area (Å²) in [6.45, 7) is 0. The topological polar surface area (TPSA) is 42.3 Å². The molecule has 0 aliphatic rings. The molecule has 0 spiro atoms. The van der Waals surface area contributed by atoms with Crippen LogP contribution in [0.25, 0.3) is 11.0 Å². The number of amides is 1. The van der Waals surface area contributed by atoms with Crippen LogP contribution in [0.1, 0.15) is 20.7 Å². The molecular weight excluding hydrogens is 299 g/mol. The van der Waals surface area contributed by atoms with Crippen molar-refractivity contribution in [1.82, 2.24) is 8.51 Å². The van der Waals surface area contributed by atoms with Crippen LogP contribution in [0, 0.1) is 0 Å². The molecule has 0 atom stereocenters. The summed E-state index contributed by atoms with van der Waals surface area (Å²) in [7, 11) is 0. The summed E-state index contributed by atoms with van der Waals surface area (Å²) in [6, 6.07) is 13.7. The Balaban J connectivity index is 1.92. The van der Waals surface area contributed by atoms with E-state index < -0.39 is 5.91 Å². The molecule has 6 heteroatoms. The Kier molecular flexibility index (Phi) is 3.12. The van der Waals surface area contributed by atoms with Gasteiger partial charge in [0.05, 0.1) is 0 Å². The third-order valence-corrected chi connectivity index (χ3v) is 3.41. The maximum atomic E-state index is 12.4. The monoisotopic (exact) mass is 306 g/mol. The summed E-state index contributed by atoms with van der Waals surface area (Å²) < 4.78 is 2.07. The number of nitrogens with zero attached hydrogens (tertiary/aromatic N) is 2. The highest BCUT2D eigenvalue weighted by Gasteiger charge is 2.16. The molecule has 1 aromatic carbocycles. The third-order valence-electron chi connectivity index (χ3n) is 3.10. The number of benzene rings is 2. The molecule has 0 aliphatic heterocycles. The predicted molar refractivity (Wildman–Crippen MR) is 77.2 cm³/mol. The SMILES string of the molecule is O=C(c1ccc(C(=O)n2c3ccc2cc3)cc1)N(Cl)Cl. The van der Waals surface area contributed by atoms with E-state index in [1.807, 2.05) is 24.3 Å². The van der Waals surface area contributed by atoms with Crippen LogP contribution in [0.4, 0.5) is 0 Å². The Morgan fingerprint density at radius 1 is 0.800 bits per heavy atom. The van der Waals surface area contributed by atoms with E-state index >= 15 is 0 Å². The van der Waals surface area contributed by atoms with Crippen LogP contribution >= 0.6 is 23.6 Å². The second-order valence-electron chi connectivity index (χ2n) is 4.27. The summed E-state index contributed by atoms with van der Waals surface area (Å²) in [5.41, 5.74) is 2.49. The predicted octanol–water partition coefficient (Wildman–Crippen LogP) is 3.52. The molecule has 0 saturated heterocycles. The average molecular weight is 307 g/mol. The van der Waals surface area contributed by atoms with Gasteiger partial charge in [-0.3, -0.25) is 14.2 Å². The fraction of sp³-hybridized carbons (Fsp3) is 0. The van der Waals surface area contributed by atoms with Gasteiger partial charge in [-0.1, -0.05) is 0 Å². The minimum atomic E-state index is -0.541. The van der Waals surface area contributed by atoms with E-state index in [0.29, 0.717) is 15.1 Å². The molecule has 1 amide bonds. The zero-order chi connectivity index (χ0) is 14.3. The fourth-order valence-corrected chi connectivity index (χ4v) is 2.31. The van der Waals surface area contributed by atoms with E-state index in [1.165, 1.54) is 12.1 Å². The lowest BCUT2D eigenvalue weighted by Crippen LogP contribution is -2.13. The van der Waals surface area contributed by atoms with Gasteiger partial charge in [0.2, 0.25) is 0 Å². The van der Waals surface area contributed by atoms with E-state index in [1.54, 1.807) is 16.7 Å². The number of hydrogen-bond donors (Lipinski definition) is 0. The van der Waals surface area contributed by atoms with Gasteiger partial charge >= 0.3 is 0 Å². The van der Waals surface area contributed by atoms with Crippen LogP contribution in [-0.2, 0) is 0 Å². The molecule has 0 aliphatic carbocycles. The van der Waals surface area contributed by atoms with Gasteiger partial charge in [0, 0.05) is 45.7 Å². The molecule has 20 heavy (non-hydrogen) atoms. The number of halogens is 2. The number of fused-ring (bicyclic) bond motifs is 2. The average Bonchev–Trinajstić information content (AvgIpc) is 3.06. The van der Waals surface area contributed by atoms with Crippen molar-refractivity contribution in [2.45, 2.75) is 0 Å². The van der Waals surface area contributed by atoms with Crippen molar-refractivity contribution in [2.24, 2.45) is 0 Å². The Bertz CT molecular complexity index is 730. The van der Waals surface area contributed by atoms with Gasteiger partial charge in [0.15, 0.2) is 0 Å². The zero-order valence-electron chi connectivity index (χ0n) is 10.1. The molecule has 0 unspecified atom stereocenters. The first-order chi connectivity index (χ1) is 9.58. The molecule has 0 radical (unpaired) electrons. The Morgan fingerprint density at radius 3 is 1.70 bits per heavy atom. The summed E-state index contributed by atoms with van der Waals surface area (Å²) in [5, 5.41) is 0. The molecule has 0 saturated carbocycles. The van der Waals surface area contributed by atoms with E-state index in [9.17, 15) is 9.59 Å². The molecule has 4 nitrogen and oxygen atoms in total. The first kappa shape index (κ1) is 13.0. The molecule has 0 fully saturated rings. The third kappa shape index (κ3) is 2.03. The summed E-state index contributed by atoms with van der Waals surface area (Å²) >= 11 is 10.7. The molecule has 2 aromatic heterocycles. The lowest BCUT2D eigenvalue weighted by Gasteiger charge is -2.06. The first-order valence-electron chi connectivity index (χ1n) is 5.78. The summed E-state index contributed by atoms with van der Waals surface area (Å²) in [6.07, 6.45) is 0. The Hall–Kier alpha value is -2.04. The van der Waals surface area contributed by atoms with Crippen LogP contribution in [0.15, 0.2) is 48.5 Å². The van der Waals surface area contributed by atoms with E-state index in [4.69, 9.17) is 23.6 Å². The van der Waals surface area contributed by atoms with Gasteiger partial charge in [-0.2, -0.15) is 3.94 Å². The van der Waals surface area contributed by atoms with Crippen molar-refractivity contribution >= 4 is 46.4 Å². The highest BCUT2D eigenvalue weighted by Crippen LogP contribution is 2.19. The van der Waals surface area contributed by atoms with E-state index in [2.05, 4.69) is 0 Å². The molecule has 0 N–H and O–H groups in total. The van der Waals surface area contributed by atoms with Crippen molar-refractivity contribution in [3.63, 3.8) is 0 Å². The van der Waals surface area contributed by atoms with Gasteiger partial charge in [-0.15, -0.1) is 0 Å². The minimum Gasteiger partial charge on any atom is -0.277 e. The number of hydrogen-bond acceptors (Lipinski definition) is 2. The van der Waals surface area contributed by atoms with Gasteiger partial charge in [0.1, 0.15) is 0 Å². The standard InChI is InChI=1S/C14H8Cl2N2O2/c15-18(16)14(20)10-3-1-9(2-4-10)13(19)17-11-5-6-12(17)8-7-11/h1-8H. The molecule has 100 valence electrons. The molecule has 2 heterocycles. The molecule has 3 aromatic rings. The van der Waals surface area contributed by atoms with Crippen LogP contribution in [0.2, 0.25) is 0 Å². The largest absolute Gasteiger partial charge is 0.283 e. The van der Waals surface area contributed by atoms with Crippen LogP contribution in [-0.4, -0.2) is 20.3 Å². The van der Waals surface area contributed by atoms with Crippen LogP contribution < -0.4 is 0 Å². The molecule has 3 rings (SSSR count). The maximum absolute atomic E-state index is 12.4. The van der Waals surface area contributed by atoms with Crippen molar-refractivity contribution in [2.75, 3.05) is 0 Å².